The number of hydrogen-bond acceptors (Lipinski definition) is 4. The fourth-order valence-corrected chi connectivity index (χ4v) is 1.48. The molecule has 0 spiro atoms. The summed E-state index contributed by atoms with van der Waals surface area (Å²) in [6, 6.07) is 3.50. The lowest BCUT2D eigenvalue weighted by molar-refractivity contribution is -0.133. The van der Waals surface area contributed by atoms with Gasteiger partial charge in [-0.05, 0) is 39.0 Å². The number of carbonyl (C=O) groups excluding carboxylic acids is 1. The van der Waals surface area contributed by atoms with E-state index in [0.717, 1.165) is 11.8 Å². The second-order valence-electron chi connectivity index (χ2n) is 4.89. The Morgan fingerprint density at radius 2 is 2.10 bits per heavy atom. The van der Waals surface area contributed by atoms with Crippen LogP contribution in [0.15, 0.2) is 18.2 Å². The molecule has 0 aliphatic carbocycles. The van der Waals surface area contributed by atoms with Crippen molar-refractivity contribution in [1.29, 1.82) is 0 Å². The normalized spacial score (nSPS) is 10.9. The largest absolute Gasteiger partial charge is 0.482 e. The van der Waals surface area contributed by atoms with Gasteiger partial charge in [0.05, 0.1) is 0 Å². The van der Waals surface area contributed by atoms with Crippen molar-refractivity contribution in [2.75, 3.05) is 13.7 Å². The number of aromatic nitrogens is 1. The molecule has 0 radical (unpaired) electrons. The lowest BCUT2D eigenvalue weighted by atomic mass is 10.2. The zero-order valence-electron chi connectivity index (χ0n) is 12.7. The van der Waals surface area contributed by atoms with Crippen molar-refractivity contribution in [3.8, 4) is 5.75 Å². The number of amides is 1. The first-order chi connectivity index (χ1) is 9.81. The van der Waals surface area contributed by atoms with E-state index in [1.54, 1.807) is 31.0 Å². The van der Waals surface area contributed by atoms with Gasteiger partial charge >= 0.3 is 5.97 Å². The van der Waals surface area contributed by atoms with Crippen LogP contribution in [-0.4, -0.2) is 46.6 Å². The minimum atomic E-state index is -1.07. The van der Waals surface area contributed by atoms with Gasteiger partial charge in [0.25, 0.3) is 5.91 Å². The third kappa shape index (κ3) is 5.25. The summed E-state index contributed by atoms with van der Waals surface area (Å²) in [4.78, 5) is 28.2. The van der Waals surface area contributed by atoms with Crippen LogP contribution in [0.25, 0.3) is 6.08 Å². The number of carbonyl (C=O) groups is 2. The fraction of sp³-hybridized carbons (Fsp3) is 0.400. The molecule has 1 amide bonds. The predicted octanol–water partition coefficient (Wildman–Crippen LogP) is 1.73. The molecule has 1 heterocycles. The SMILES string of the molecule is Cc1ccc(OCC(=O)N(C)C(C)C)c(C=CC(=O)O)n1. The Morgan fingerprint density at radius 1 is 1.43 bits per heavy atom. The average Bonchev–Trinajstić information content (AvgIpc) is 2.42. The molecule has 0 fully saturated rings. The van der Waals surface area contributed by atoms with E-state index in [1.165, 1.54) is 6.08 Å². The van der Waals surface area contributed by atoms with Gasteiger partial charge in [-0.3, -0.25) is 4.79 Å². The maximum Gasteiger partial charge on any atom is 0.328 e. The summed E-state index contributed by atoms with van der Waals surface area (Å²) in [6.45, 7) is 5.49. The monoisotopic (exact) mass is 292 g/mol. The Morgan fingerprint density at radius 3 is 2.67 bits per heavy atom. The number of ether oxygens (including phenoxy) is 1. The molecule has 0 aliphatic rings. The summed E-state index contributed by atoms with van der Waals surface area (Å²) in [6.07, 6.45) is 2.33. The molecule has 6 nitrogen and oxygen atoms in total. The summed E-state index contributed by atoms with van der Waals surface area (Å²) >= 11 is 0. The minimum absolute atomic E-state index is 0.0867. The lowest BCUT2D eigenvalue weighted by Gasteiger charge is -2.21. The van der Waals surface area contributed by atoms with Gasteiger partial charge in [-0.15, -0.1) is 0 Å². The van der Waals surface area contributed by atoms with Crippen LogP contribution in [0, 0.1) is 6.92 Å². The number of likely N-dealkylation sites (N-methyl/N-ethyl adjacent to an activating group) is 1. The zero-order chi connectivity index (χ0) is 16.0. The van der Waals surface area contributed by atoms with E-state index in [2.05, 4.69) is 4.98 Å². The van der Waals surface area contributed by atoms with Crippen LogP contribution in [0.5, 0.6) is 5.75 Å². The van der Waals surface area contributed by atoms with Gasteiger partial charge < -0.3 is 14.7 Å². The number of carboxylic acids is 1. The number of aliphatic carboxylic acids is 1. The fourth-order valence-electron chi connectivity index (χ4n) is 1.48. The Balaban J connectivity index is 2.83. The van der Waals surface area contributed by atoms with Gasteiger partial charge in [0, 0.05) is 24.9 Å². The summed E-state index contributed by atoms with van der Waals surface area (Å²) in [5, 5.41) is 8.67. The predicted molar refractivity (Wildman–Crippen MR) is 79.0 cm³/mol. The summed E-state index contributed by atoms with van der Waals surface area (Å²) in [5.41, 5.74) is 1.12. The molecule has 1 aromatic heterocycles. The highest BCUT2D eigenvalue weighted by atomic mass is 16.5. The molecule has 0 unspecified atom stereocenters. The van der Waals surface area contributed by atoms with Crippen LogP contribution in [0.2, 0.25) is 0 Å². The van der Waals surface area contributed by atoms with Crippen molar-refractivity contribution >= 4 is 18.0 Å². The molecule has 6 heteroatoms. The Bertz CT molecular complexity index is 553. The molecule has 0 aromatic carbocycles. The minimum Gasteiger partial charge on any atom is -0.482 e. The first-order valence-electron chi connectivity index (χ1n) is 6.58. The second-order valence-corrected chi connectivity index (χ2v) is 4.89. The van der Waals surface area contributed by atoms with Crippen molar-refractivity contribution in [1.82, 2.24) is 9.88 Å². The standard InChI is InChI=1S/C15H20N2O4/c1-10(2)17(4)14(18)9-21-13-7-5-11(3)16-12(13)6-8-15(19)20/h5-8,10H,9H2,1-4H3,(H,19,20). The van der Waals surface area contributed by atoms with Crippen molar-refractivity contribution in [3.05, 3.63) is 29.6 Å². The maximum absolute atomic E-state index is 11.9. The number of aryl methyl sites for hydroxylation is 1. The van der Waals surface area contributed by atoms with Gasteiger partial charge in [-0.1, -0.05) is 0 Å². The van der Waals surface area contributed by atoms with Gasteiger partial charge in [0.2, 0.25) is 0 Å². The van der Waals surface area contributed by atoms with E-state index in [-0.39, 0.29) is 18.6 Å². The maximum atomic E-state index is 11.9. The molecule has 0 saturated carbocycles. The second kappa shape index (κ2) is 7.42. The molecule has 114 valence electrons. The zero-order valence-corrected chi connectivity index (χ0v) is 12.7. The van der Waals surface area contributed by atoms with Crippen LogP contribution in [0.1, 0.15) is 25.2 Å². The number of pyridine rings is 1. The first kappa shape index (κ1) is 16.7. The highest BCUT2D eigenvalue weighted by Gasteiger charge is 2.13. The highest BCUT2D eigenvalue weighted by Crippen LogP contribution is 2.18. The van der Waals surface area contributed by atoms with Crippen molar-refractivity contribution in [3.63, 3.8) is 0 Å². The first-order valence-corrected chi connectivity index (χ1v) is 6.58. The van der Waals surface area contributed by atoms with Gasteiger partial charge in [0.1, 0.15) is 11.4 Å². The molecule has 0 bridgehead atoms. The summed E-state index contributed by atoms with van der Waals surface area (Å²) in [7, 11) is 1.70. The molecule has 0 saturated heterocycles. The molecule has 1 aromatic rings. The number of carboxylic acid groups (broad SMARTS) is 1. The molecule has 0 atom stereocenters. The van der Waals surface area contributed by atoms with E-state index < -0.39 is 5.97 Å². The van der Waals surface area contributed by atoms with Gasteiger partial charge in [-0.2, -0.15) is 0 Å². The molecule has 1 rings (SSSR count). The third-order valence-electron chi connectivity index (χ3n) is 2.93. The van der Waals surface area contributed by atoms with E-state index in [0.29, 0.717) is 11.4 Å². The number of rotatable bonds is 6. The highest BCUT2D eigenvalue weighted by molar-refractivity contribution is 5.85. The average molecular weight is 292 g/mol. The molecule has 1 N–H and O–H groups in total. The Labute approximate surface area is 124 Å². The quantitative estimate of drug-likeness (QED) is 0.808. The summed E-state index contributed by atoms with van der Waals surface area (Å²) < 4.78 is 5.46. The number of nitrogens with zero attached hydrogens (tertiary/aromatic N) is 2. The van der Waals surface area contributed by atoms with Crippen LogP contribution in [0.3, 0.4) is 0 Å². The smallest absolute Gasteiger partial charge is 0.328 e. The molecular weight excluding hydrogens is 272 g/mol. The van der Waals surface area contributed by atoms with E-state index in [4.69, 9.17) is 9.84 Å². The van der Waals surface area contributed by atoms with Crippen LogP contribution in [0.4, 0.5) is 0 Å². The Kier molecular flexibility index (Phi) is 5.90. The molecular formula is C15H20N2O4. The van der Waals surface area contributed by atoms with Gasteiger partial charge in [0.15, 0.2) is 6.61 Å². The third-order valence-corrected chi connectivity index (χ3v) is 2.93. The van der Waals surface area contributed by atoms with Crippen molar-refractivity contribution in [2.24, 2.45) is 0 Å². The van der Waals surface area contributed by atoms with E-state index in [1.807, 2.05) is 13.8 Å². The molecule has 21 heavy (non-hydrogen) atoms. The summed E-state index contributed by atoms with van der Waals surface area (Å²) in [5.74, 6) is -0.845. The molecule has 0 aliphatic heterocycles. The van der Waals surface area contributed by atoms with E-state index in [9.17, 15) is 9.59 Å². The topological polar surface area (TPSA) is 79.7 Å². The van der Waals surface area contributed by atoms with Crippen LogP contribution < -0.4 is 4.74 Å². The Hall–Kier alpha value is -2.37. The van der Waals surface area contributed by atoms with Crippen LogP contribution in [-0.2, 0) is 9.59 Å². The van der Waals surface area contributed by atoms with Crippen molar-refractivity contribution < 1.29 is 19.4 Å². The van der Waals surface area contributed by atoms with Gasteiger partial charge in [-0.25, -0.2) is 9.78 Å². The van der Waals surface area contributed by atoms with Crippen molar-refractivity contribution in [2.45, 2.75) is 26.8 Å². The number of hydrogen-bond donors (Lipinski definition) is 1. The van der Waals surface area contributed by atoms with E-state index >= 15 is 0 Å². The lowest BCUT2D eigenvalue weighted by Crippen LogP contribution is -2.36. The van der Waals surface area contributed by atoms with Crippen LogP contribution >= 0.6 is 0 Å².